The monoisotopic (exact) mass is 328 g/mol. The molecule has 1 aliphatic rings. The van der Waals surface area contributed by atoms with Crippen LogP contribution in [0, 0.1) is 5.92 Å². The Labute approximate surface area is 141 Å². The number of hydrogen-bond donors (Lipinski definition) is 1. The molecule has 128 valence electrons. The van der Waals surface area contributed by atoms with E-state index in [9.17, 15) is 4.79 Å². The summed E-state index contributed by atoms with van der Waals surface area (Å²) in [5.41, 5.74) is 1.90. The van der Waals surface area contributed by atoms with E-state index in [1.54, 1.807) is 24.7 Å². The lowest BCUT2D eigenvalue weighted by molar-refractivity contribution is -0.127. The molecule has 1 N–H and O–H groups in total. The number of hydrogen-bond acceptors (Lipinski definition) is 4. The Kier molecular flexibility index (Phi) is 5.40. The molecule has 0 atom stereocenters. The third-order valence-electron chi connectivity index (χ3n) is 4.39. The van der Waals surface area contributed by atoms with Crippen LogP contribution in [0.1, 0.15) is 37.6 Å². The molecule has 1 saturated heterocycles. The second-order valence-electron chi connectivity index (χ2n) is 6.29. The third-order valence-corrected chi connectivity index (χ3v) is 4.39. The SMILES string of the molecule is CCCc1cn(CC2CCN(C(=O)/C=C/c3cnc[nH]3)CC2)nn1. The maximum Gasteiger partial charge on any atom is 0.246 e. The first-order chi connectivity index (χ1) is 11.7. The summed E-state index contributed by atoms with van der Waals surface area (Å²) in [6.07, 6.45) is 12.8. The Morgan fingerprint density at radius 2 is 2.25 bits per heavy atom. The number of aromatic amines is 1. The molecule has 7 nitrogen and oxygen atoms in total. The van der Waals surface area contributed by atoms with E-state index in [4.69, 9.17) is 0 Å². The van der Waals surface area contributed by atoms with E-state index in [1.807, 2.05) is 15.8 Å². The summed E-state index contributed by atoms with van der Waals surface area (Å²) in [6, 6.07) is 0. The van der Waals surface area contributed by atoms with Crippen molar-refractivity contribution in [2.24, 2.45) is 5.92 Å². The lowest BCUT2D eigenvalue weighted by Crippen LogP contribution is -2.38. The number of nitrogens with one attached hydrogen (secondary N) is 1. The van der Waals surface area contributed by atoms with E-state index in [0.717, 1.165) is 56.7 Å². The number of aryl methyl sites for hydroxylation is 1. The van der Waals surface area contributed by atoms with Crippen LogP contribution in [0.25, 0.3) is 6.08 Å². The molecule has 0 aliphatic carbocycles. The third kappa shape index (κ3) is 4.31. The number of aromatic nitrogens is 5. The van der Waals surface area contributed by atoms with Gasteiger partial charge in [-0.2, -0.15) is 0 Å². The summed E-state index contributed by atoms with van der Waals surface area (Å²) in [4.78, 5) is 21.0. The minimum Gasteiger partial charge on any atom is -0.345 e. The molecule has 1 amide bonds. The van der Waals surface area contributed by atoms with Crippen molar-refractivity contribution >= 4 is 12.0 Å². The molecular weight excluding hydrogens is 304 g/mol. The van der Waals surface area contributed by atoms with Crippen molar-refractivity contribution in [2.75, 3.05) is 13.1 Å². The first-order valence-corrected chi connectivity index (χ1v) is 8.59. The quantitative estimate of drug-likeness (QED) is 0.822. The normalized spacial score (nSPS) is 16.1. The van der Waals surface area contributed by atoms with Gasteiger partial charge >= 0.3 is 0 Å². The number of rotatable bonds is 6. The number of likely N-dealkylation sites (tertiary alicyclic amines) is 1. The molecular formula is C17H24N6O. The highest BCUT2D eigenvalue weighted by Crippen LogP contribution is 2.19. The van der Waals surface area contributed by atoms with Gasteiger partial charge in [-0.15, -0.1) is 5.10 Å². The van der Waals surface area contributed by atoms with Crippen LogP contribution < -0.4 is 0 Å². The number of carbonyl (C=O) groups excluding carboxylic acids is 1. The van der Waals surface area contributed by atoms with Gasteiger partial charge < -0.3 is 9.88 Å². The average Bonchev–Trinajstić information content (AvgIpc) is 3.26. The van der Waals surface area contributed by atoms with Gasteiger partial charge in [-0.05, 0) is 31.3 Å². The average molecular weight is 328 g/mol. The standard InChI is InChI=1S/C17H24N6O/c1-2-3-16-12-23(21-20-16)11-14-6-8-22(9-7-14)17(24)5-4-15-10-18-13-19-15/h4-5,10,12-14H,2-3,6-9,11H2,1H3,(H,18,19)/b5-4+. The van der Waals surface area contributed by atoms with Crippen LogP contribution in [0.15, 0.2) is 24.8 Å². The predicted octanol–water partition coefficient (Wildman–Crippen LogP) is 1.91. The predicted molar refractivity (Wildman–Crippen MR) is 90.9 cm³/mol. The first kappa shape index (κ1) is 16.4. The van der Waals surface area contributed by atoms with Crippen molar-refractivity contribution in [3.05, 3.63) is 36.2 Å². The van der Waals surface area contributed by atoms with Crippen molar-refractivity contribution in [1.82, 2.24) is 29.9 Å². The van der Waals surface area contributed by atoms with Crippen LogP contribution in [-0.4, -0.2) is 48.9 Å². The molecule has 24 heavy (non-hydrogen) atoms. The zero-order valence-corrected chi connectivity index (χ0v) is 14.1. The molecule has 0 unspecified atom stereocenters. The van der Waals surface area contributed by atoms with Crippen LogP contribution >= 0.6 is 0 Å². The molecule has 1 aliphatic heterocycles. The summed E-state index contributed by atoms with van der Waals surface area (Å²) in [7, 11) is 0. The number of imidazole rings is 1. The summed E-state index contributed by atoms with van der Waals surface area (Å²) in [6.45, 7) is 4.63. The lowest BCUT2D eigenvalue weighted by Gasteiger charge is -2.31. The van der Waals surface area contributed by atoms with Gasteiger partial charge in [0, 0.05) is 31.9 Å². The van der Waals surface area contributed by atoms with Crippen LogP contribution in [0.4, 0.5) is 0 Å². The van der Waals surface area contributed by atoms with E-state index in [1.165, 1.54) is 0 Å². The van der Waals surface area contributed by atoms with E-state index in [-0.39, 0.29) is 5.91 Å². The summed E-state index contributed by atoms with van der Waals surface area (Å²) in [5.74, 6) is 0.621. The van der Waals surface area contributed by atoms with Gasteiger partial charge in [0.2, 0.25) is 5.91 Å². The largest absolute Gasteiger partial charge is 0.345 e. The van der Waals surface area contributed by atoms with Crippen LogP contribution in [0.2, 0.25) is 0 Å². The summed E-state index contributed by atoms with van der Waals surface area (Å²) >= 11 is 0. The van der Waals surface area contributed by atoms with Crippen LogP contribution in [-0.2, 0) is 17.8 Å². The molecule has 0 spiro atoms. The number of carbonyl (C=O) groups is 1. The zero-order chi connectivity index (χ0) is 16.8. The Hall–Kier alpha value is -2.44. The topological polar surface area (TPSA) is 79.7 Å². The minimum atomic E-state index is 0.0639. The van der Waals surface area contributed by atoms with Crippen molar-refractivity contribution < 1.29 is 4.79 Å². The van der Waals surface area contributed by atoms with Gasteiger partial charge in [-0.25, -0.2) is 4.98 Å². The van der Waals surface area contributed by atoms with Crippen molar-refractivity contribution in [2.45, 2.75) is 39.2 Å². The number of amides is 1. The molecule has 7 heteroatoms. The molecule has 2 aromatic rings. The zero-order valence-electron chi connectivity index (χ0n) is 14.1. The van der Waals surface area contributed by atoms with Crippen LogP contribution in [0.5, 0.6) is 0 Å². The number of piperidine rings is 1. The minimum absolute atomic E-state index is 0.0639. The van der Waals surface area contributed by atoms with Gasteiger partial charge in [-0.3, -0.25) is 9.48 Å². The molecule has 3 heterocycles. The highest BCUT2D eigenvalue weighted by atomic mass is 16.2. The molecule has 0 aromatic carbocycles. The lowest BCUT2D eigenvalue weighted by atomic mass is 9.97. The maximum absolute atomic E-state index is 12.2. The summed E-state index contributed by atoms with van der Waals surface area (Å²) in [5, 5.41) is 8.40. The van der Waals surface area contributed by atoms with E-state index in [2.05, 4.69) is 27.2 Å². The maximum atomic E-state index is 12.2. The highest BCUT2D eigenvalue weighted by Gasteiger charge is 2.22. The highest BCUT2D eigenvalue weighted by molar-refractivity contribution is 5.91. The van der Waals surface area contributed by atoms with E-state index < -0.39 is 0 Å². The second-order valence-corrected chi connectivity index (χ2v) is 6.29. The Bertz CT molecular complexity index is 667. The Balaban J connectivity index is 1.45. The molecule has 0 saturated carbocycles. The Morgan fingerprint density at radius 3 is 2.96 bits per heavy atom. The number of H-pyrrole nitrogens is 1. The molecule has 3 rings (SSSR count). The second kappa shape index (κ2) is 7.90. The molecule has 1 fully saturated rings. The smallest absolute Gasteiger partial charge is 0.246 e. The van der Waals surface area contributed by atoms with E-state index in [0.29, 0.717) is 5.92 Å². The van der Waals surface area contributed by atoms with Gasteiger partial charge in [-0.1, -0.05) is 18.6 Å². The van der Waals surface area contributed by atoms with Gasteiger partial charge in [0.05, 0.1) is 23.9 Å². The fourth-order valence-corrected chi connectivity index (χ4v) is 3.02. The van der Waals surface area contributed by atoms with E-state index >= 15 is 0 Å². The van der Waals surface area contributed by atoms with Gasteiger partial charge in [0.1, 0.15) is 0 Å². The van der Waals surface area contributed by atoms with Gasteiger partial charge in [0.15, 0.2) is 0 Å². The molecule has 0 radical (unpaired) electrons. The Morgan fingerprint density at radius 1 is 1.42 bits per heavy atom. The fraction of sp³-hybridized carbons (Fsp3) is 0.529. The van der Waals surface area contributed by atoms with Crippen molar-refractivity contribution in [3.8, 4) is 0 Å². The van der Waals surface area contributed by atoms with Crippen molar-refractivity contribution in [1.29, 1.82) is 0 Å². The number of nitrogens with zero attached hydrogens (tertiary/aromatic N) is 5. The fourth-order valence-electron chi connectivity index (χ4n) is 3.02. The molecule has 2 aromatic heterocycles. The first-order valence-electron chi connectivity index (χ1n) is 8.59. The summed E-state index contributed by atoms with van der Waals surface area (Å²) < 4.78 is 1.95. The molecule has 0 bridgehead atoms. The van der Waals surface area contributed by atoms with Crippen molar-refractivity contribution in [3.63, 3.8) is 0 Å². The van der Waals surface area contributed by atoms with Crippen LogP contribution in [0.3, 0.4) is 0 Å². The van der Waals surface area contributed by atoms with Gasteiger partial charge in [0.25, 0.3) is 0 Å².